The molecule has 0 bridgehead atoms. The summed E-state index contributed by atoms with van der Waals surface area (Å²) in [6.45, 7) is 7.44. The first-order valence-electron chi connectivity index (χ1n) is 10.1. The van der Waals surface area contributed by atoms with E-state index < -0.39 is 23.8 Å². The van der Waals surface area contributed by atoms with Crippen molar-refractivity contribution < 1.29 is 33.8 Å². The second-order valence-electron chi connectivity index (χ2n) is 6.75. The predicted octanol–water partition coefficient (Wildman–Crippen LogP) is 1.62. The van der Waals surface area contributed by atoms with Crippen molar-refractivity contribution in [3.05, 3.63) is 66.8 Å². The number of esters is 1. The van der Waals surface area contributed by atoms with Gasteiger partial charge in [-0.1, -0.05) is 43.5 Å². The molecule has 1 atom stereocenters. The Morgan fingerprint density at radius 1 is 1.12 bits per heavy atom. The Hall–Kier alpha value is -3.72. The quantitative estimate of drug-likeness (QED) is 0.176. The second kappa shape index (κ2) is 17.9. The molecule has 9 heteroatoms. The van der Waals surface area contributed by atoms with Crippen LogP contribution in [0.25, 0.3) is 0 Å². The maximum Gasteiger partial charge on any atom is 0.308 e. The molecule has 1 unspecified atom stereocenters. The molecular weight excluding hydrogens is 428 g/mol. The fourth-order valence-electron chi connectivity index (χ4n) is 2.46. The van der Waals surface area contributed by atoms with Gasteiger partial charge in [-0.15, -0.1) is 0 Å². The minimum Gasteiger partial charge on any atom is -0.508 e. The van der Waals surface area contributed by atoms with E-state index in [1.807, 2.05) is 0 Å². The van der Waals surface area contributed by atoms with Gasteiger partial charge in [-0.2, -0.15) is 0 Å². The van der Waals surface area contributed by atoms with Crippen LogP contribution in [0, 0.1) is 0 Å². The van der Waals surface area contributed by atoms with Gasteiger partial charge in [0.1, 0.15) is 12.4 Å². The summed E-state index contributed by atoms with van der Waals surface area (Å²) in [5.41, 5.74) is 1.56. The topological polar surface area (TPSA) is 131 Å². The van der Waals surface area contributed by atoms with E-state index in [1.165, 1.54) is 12.2 Å². The lowest BCUT2D eigenvalue weighted by atomic mass is 10.1. The van der Waals surface area contributed by atoms with Crippen LogP contribution in [0.3, 0.4) is 0 Å². The summed E-state index contributed by atoms with van der Waals surface area (Å²) < 4.78 is 9.36. The van der Waals surface area contributed by atoms with E-state index >= 15 is 0 Å². The number of carbonyl (C=O) groups is 4. The van der Waals surface area contributed by atoms with Gasteiger partial charge in [0.2, 0.25) is 12.2 Å². The first-order chi connectivity index (χ1) is 15.8. The molecule has 0 aliphatic carbocycles. The highest BCUT2D eigenvalue weighted by Gasteiger charge is 2.20. The van der Waals surface area contributed by atoms with Crippen LogP contribution in [0.5, 0.6) is 5.75 Å². The van der Waals surface area contributed by atoms with E-state index in [0.29, 0.717) is 18.5 Å². The van der Waals surface area contributed by atoms with E-state index in [4.69, 9.17) is 4.74 Å². The molecule has 0 fully saturated rings. The van der Waals surface area contributed by atoms with Gasteiger partial charge in [0.25, 0.3) is 5.91 Å². The summed E-state index contributed by atoms with van der Waals surface area (Å²) in [6, 6.07) is 5.69. The fourth-order valence-corrected chi connectivity index (χ4v) is 2.46. The highest BCUT2D eigenvalue weighted by atomic mass is 16.5. The molecule has 0 aromatic heterocycles. The Balaban J connectivity index is 0.00000322. The molecule has 1 aromatic rings. The molecule has 0 aliphatic rings. The molecule has 180 valence electrons. The fraction of sp³-hybridized carbons (Fsp3) is 0.333. The monoisotopic (exact) mass is 460 g/mol. The molecule has 0 spiro atoms. The van der Waals surface area contributed by atoms with Gasteiger partial charge in [-0.05, 0) is 29.7 Å². The Morgan fingerprint density at radius 3 is 2.30 bits per heavy atom. The third-order valence-electron chi connectivity index (χ3n) is 3.96. The van der Waals surface area contributed by atoms with Gasteiger partial charge in [0.15, 0.2) is 0 Å². The largest absolute Gasteiger partial charge is 0.508 e. The lowest BCUT2D eigenvalue weighted by Crippen LogP contribution is -2.41. The molecule has 1 rings (SSSR count). The normalized spacial score (nSPS) is 11.2. The lowest BCUT2D eigenvalue weighted by Gasteiger charge is -2.17. The summed E-state index contributed by atoms with van der Waals surface area (Å²) in [4.78, 5) is 46.2. The summed E-state index contributed by atoms with van der Waals surface area (Å²) >= 11 is 0. The van der Waals surface area contributed by atoms with E-state index in [1.54, 1.807) is 44.6 Å². The van der Waals surface area contributed by atoms with Gasteiger partial charge in [-0.25, -0.2) is 0 Å². The van der Waals surface area contributed by atoms with Crippen molar-refractivity contribution in [1.82, 2.24) is 10.6 Å². The Labute approximate surface area is 194 Å². The van der Waals surface area contributed by atoms with E-state index in [2.05, 4.69) is 28.5 Å². The smallest absolute Gasteiger partial charge is 0.308 e. The molecule has 3 N–H and O–H groups in total. The van der Waals surface area contributed by atoms with Gasteiger partial charge < -0.3 is 25.2 Å². The summed E-state index contributed by atoms with van der Waals surface area (Å²) in [7, 11) is 3.25. The lowest BCUT2D eigenvalue weighted by molar-refractivity contribution is -0.143. The van der Waals surface area contributed by atoms with Crippen LogP contribution in [0.1, 0.15) is 18.4 Å². The number of ether oxygens (including phenoxy) is 2. The maximum absolute atomic E-state index is 12.2. The van der Waals surface area contributed by atoms with E-state index in [9.17, 15) is 24.3 Å². The first-order valence-corrected chi connectivity index (χ1v) is 10.1. The molecule has 2 amide bonds. The minimum absolute atomic E-state index is 0.0263. The molecular formula is C24H32N2O7. The Morgan fingerprint density at radius 2 is 1.76 bits per heavy atom. The highest BCUT2D eigenvalue weighted by molar-refractivity contribution is 6.23. The van der Waals surface area contributed by atoms with Gasteiger partial charge in [0.05, 0.1) is 6.42 Å². The van der Waals surface area contributed by atoms with Crippen molar-refractivity contribution >= 4 is 24.1 Å². The number of phenolic OH excluding ortho intramolecular Hbond substituents is 1. The third kappa shape index (κ3) is 14.8. The van der Waals surface area contributed by atoms with Gasteiger partial charge in [0, 0.05) is 33.2 Å². The highest BCUT2D eigenvalue weighted by Crippen LogP contribution is 2.09. The van der Waals surface area contributed by atoms with Crippen molar-refractivity contribution in [2.45, 2.75) is 25.3 Å². The zero-order chi connectivity index (χ0) is 25.1. The van der Waals surface area contributed by atoms with Crippen molar-refractivity contribution in [3.63, 3.8) is 0 Å². The summed E-state index contributed by atoms with van der Waals surface area (Å²) in [5, 5.41) is 14.3. The summed E-state index contributed by atoms with van der Waals surface area (Å²) in [6.07, 6.45) is 4.82. The number of hydrogen-bond acceptors (Lipinski definition) is 7. The molecule has 0 heterocycles. The van der Waals surface area contributed by atoms with Gasteiger partial charge >= 0.3 is 5.97 Å². The third-order valence-corrected chi connectivity index (χ3v) is 3.96. The maximum atomic E-state index is 12.2. The number of amides is 2. The van der Waals surface area contributed by atoms with Crippen LogP contribution >= 0.6 is 0 Å². The van der Waals surface area contributed by atoms with E-state index in [0.717, 1.165) is 5.56 Å². The molecule has 1 aromatic carbocycles. The molecule has 0 saturated carbocycles. The average Bonchev–Trinajstić information content (AvgIpc) is 2.78. The molecule has 0 saturated heterocycles. The summed E-state index contributed by atoms with van der Waals surface area (Å²) in [5.74, 6) is -1.80. The molecule has 9 nitrogen and oxygen atoms in total. The number of aromatic hydroxyl groups is 1. The van der Waals surface area contributed by atoms with Crippen molar-refractivity contribution in [3.8, 4) is 5.75 Å². The predicted molar refractivity (Wildman–Crippen MR) is 124 cm³/mol. The van der Waals surface area contributed by atoms with E-state index in [-0.39, 0.29) is 31.5 Å². The number of nitrogens with one attached hydrogen (secondary N) is 2. The van der Waals surface area contributed by atoms with Crippen LogP contribution < -0.4 is 10.6 Å². The number of aldehydes is 1. The standard InChI is InChI=1S/C22H26N2O6.C2H6O/c1-3-5-16(4-2)15-30-22(29)13-18(24-21(28)14-25)12-20(27)23-11-10-17-6-8-19(26)9-7-17;1-3-2/h3-9,14,18,26H,1-2,10-13,15H2,(H,23,27)(H,24,28);1-2H3/b16-5+;. The number of hydrogen-bond donors (Lipinski definition) is 3. The number of rotatable bonds is 13. The van der Waals surface area contributed by atoms with Crippen LogP contribution in [-0.4, -0.2) is 62.6 Å². The zero-order valence-corrected chi connectivity index (χ0v) is 19.0. The number of carbonyl (C=O) groups excluding carboxylic acids is 4. The minimum atomic E-state index is -0.928. The van der Waals surface area contributed by atoms with Crippen LogP contribution in [0.4, 0.5) is 0 Å². The van der Waals surface area contributed by atoms with Gasteiger partial charge in [-0.3, -0.25) is 19.2 Å². The number of allylic oxidation sites excluding steroid dienone is 2. The molecule has 0 aliphatic heterocycles. The van der Waals surface area contributed by atoms with Crippen molar-refractivity contribution in [2.24, 2.45) is 0 Å². The average molecular weight is 461 g/mol. The number of benzene rings is 1. The van der Waals surface area contributed by atoms with Crippen LogP contribution in [-0.2, 0) is 35.1 Å². The second-order valence-corrected chi connectivity index (χ2v) is 6.75. The SMILES string of the molecule is C=C/C=C(\C=C)COC(=O)CC(CC(=O)NCCc1ccc(O)cc1)NC(=O)C=O.COC. The van der Waals surface area contributed by atoms with Crippen LogP contribution in [0.15, 0.2) is 61.2 Å². The Kier molecular flexibility index (Phi) is 15.9. The number of methoxy groups -OCH3 is 1. The van der Waals surface area contributed by atoms with Crippen LogP contribution in [0.2, 0.25) is 0 Å². The Bertz CT molecular complexity index is 817. The van der Waals surface area contributed by atoms with Crippen molar-refractivity contribution in [2.75, 3.05) is 27.4 Å². The molecule has 0 radical (unpaired) electrons. The zero-order valence-electron chi connectivity index (χ0n) is 19.0. The first kappa shape index (κ1) is 29.3. The van der Waals surface area contributed by atoms with Crippen molar-refractivity contribution in [1.29, 1.82) is 0 Å². The number of phenols is 1. The molecule has 33 heavy (non-hydrogen) atoms.